The molecule has 0 unspecified atom stereocenters. The number of hydrogen-bond donors (Lipinski definition) is 0. The third-order valence-electron chi connectivity index (χ3n) is 4.68. The highest BCUT2D eigenvalue weighted by molar-refractivity contribution is 6.77. The predicted molar refractivity (Wildman–Crippen MR) is 88.1 cm³/mol. The van der Waals surface area contributed by atoms with Gasteiger partial charge in [0.1, 0.15) is 0 Å². The molecule has 0 spiro atoms. The van der Waals surface area contributed by atoms with E-state index in [1.807, 2.05) is 6.08 Å². The summed E-state index contributed by atoms with van der Waals surface area (Å²) in [6, 6.07) is 0. The largest absolute Gasteiger partial charge is 0.410 e. The van der Waals surface area contributed by atoms with Crippen molar-refractivity contribution in [2.45, 2.75) is 83.5 Å². The topological polar surface area (TPSA) is 9.23 Å². The maximum absolute atomic E-state index is 6.81. The minimum Gasteiger partial charge on any atom is -0.410 e. The highest BCUT2D eigenvalue weighted by Gasteiger charge is 2.46. The lowest BCUT2D eigenvalue weighted by Gasteiger charge is -2.44. The highest BCUT2D eigenvalue weighted by atomic mass is 28.4. The molecule has 0 N–H and O–H groups in total. The number of allylic oxidation sites excluding steroid dienone is 2. The maximum Gasteiger partial charge on any atom is 0.201 e. The third-order valence-corrected chi connectivity index (χ3v) is 10.8. The lowest BCUT2D eigenvalue weighted by molar-refractivity contribution is 0.198. The molecule has 1 atom stereocenters. The van der Waals surface area contributed by atoms with E-state index in [-0.39, 0.29) is 0 Å². The zero-order valence-corrected chi connectivity index (χ0v) is 14.7. The van der Waals surface area contributed by atoms with Gasteiger partial charge < -0.3 is 4.43 Å². The second-order valence-electron chi connectivity index (χ2n) is 6.81. The molecule has 0 aromatic heterocycles. The normalized spacial score (nSPS) is 21.1. The van der Waals surface area contributed by atoms with Crippen LogP contribution in [-0.4, -0.2) is 14.4 Å². The highest BCUT2D eigenvalue weighted by Crippen LogP contribution is 2.44. The zero-order chi connectivity index (χ0) is 14.6. The molecule has 0 aromatic rings. The average Bonchev–Trinajstić information content (AvgIpc) is 2.34. The minimum atomic E-state index is -1.74. The Morgan fingerprint density at radius 2 is 1.68 bits per heavy atom. The quantitative estimate of drug-likeness (QED) is 0.555. The van der Waals surface area contributed by atoms with E-state index >= 15 is 0 Å². The molecule has 110 valence electrons. The molecule has 0 radical (unpaired) electrons. The summed E-state index contributed by atoms with van der Waals surface area (Å²) in [7, 11) is -1.74. The van der Waals surface area contributed by atoms with Crippen molar-refractivity contribution in [2.24, 2.45) is 0 Å². The fourth-order valence-electron chi connectivity index (χ4n) is 3.85. The van der Waals surface area contributed by atoms with Crippen molar-refractivity contribution >= 4 is 8.32 Å². The average molecular weight is 281 g/mol. The van der Waals surface area contributed by atoms with Crippen molar-refractivity contribution in [1.29, 1.82) is 0 Å². The van der Waals surface area contributed by atoms with Gasteiger partial charge in [-0.1, -0.05) is 65.8 Å². The molecular formula is C17H32OSi. The Labute approximate surface area is 121 Å². The van der Waals surface area contributed by atoms with E-state index in [4.69, 9.17) is 4.43 Å². The van der Waals surface area contributed by atoms with Crippen LogP contribution in [0.4, 0.5) is 0 Å². The molecule has 1 aliphatic carbocycles. The molecule has 1 nitrogen and oxygen atoms in total. The Morgan fingerprint density at radius 1 is 1.16 bits per heavy atom. The molecule has 1 aliphatic rings. The van der Waals surface area contributed by atoms with Crippen LogP contribution in [0.15, 0.2) is 24.3 Å². The first-order valence-corrected chi connectivity index (χ1v) is 9.99. The Balaban J connectivity index is 2.98. The number of hydrogen-bond acceptors (Lipinski definition) is 1. The molecule has 19 heavy (non-hydrogen) atoms. The standard InChI is InChI=1S/C17H32OSi/c1-8-16-10-9-11-17(12-16)18-19(13(2)3,14(4)5)15(6)7/h8,12-15,17H,1,9-11H2,2-7H3/t17-/m1/s1. The lowest BCUT2D eigenvalue weighted by atomic mass is 9.98. The smallest absolute Gasteiger partial charge is 0.201 e. The van der Waals surface area contributed by atoms with Gasteiger partial charge in [0.2, 0.25) is 8.32 Å². The van der Waals surface area contributed by atoms with Crippen LogP contribution in [0.25, 0.3) is 0 Å². The summed E-state index contributed by atoms with van der Waals surface area (Å²) in [5.74, 6) is 0. The molecule has 0 heterocycles. The van der Waals surface area contributed by atoms with Crippen LogP contribution < -0.4 is 0 Å². The molecule has 0 saturated carbocycles. The second kappa shape index (κ2) is 6.89. The molecule has 1 rings (SSSR count). The minimum absolute atomic E-state index is 0.320. The van der Waals surface area contributed by atoms with E-state index in [1.54, 1.807) is 0 Å². The van der Waals surface area contributed by atoms with Gasteiger partial charge in [0.25, 0.3) is 0 Å². The van der Waals surface area contributed by atoms with Gasteiger partial charge in [-0.2, -0.15) is 0 Å². The van der Waals surface area contributed by atoms with Crippen molar-refractivity contribution in [3.05, 3.63) is 24.3 Å². The van der Waals surface area contributed by atoms with Crippen LogP contribution in [0.1, 0.15) is 60.8 Å². The van der Waals surface area contributed by atoms with E-state index in [9.17, 15) is 0 Å². The zero-order valence-electron chi connectivity index (χ0n) is 13.7. The van der Waals surface area contributed by atoms with Gasteiger partial charge in [-0.15, -0.1) is 0 Å². The summed E-state index contributed by atoms with van der Waals surface area (Å²) >= 11 is 0. The van der Waals surface area contributed by atoms with Gasteiger partial charge in [-0.3, -0.25) is 0 Å². The SMILES string of the molecule is C=CC1=C[C@H](O[Si](C(C)C)(C(C)C)C(C)C)CCC1. The Morgan fingerprint density at radius 3 is 2.11 bits per heavy atom. The second-order valence-corrected chi connectivity index (χ2v) is 12.2. The first kappa shape index (κ1) is 16.7. The fourth-order valence-corrected chi connectivity index (χ4v) is 9.37. The summed E-state index contributed by atoms with van der Waals surface area (Å²) in [6.07, 6.45) is 8.23. The van der Waals surface area contributed by atoms with Crippen molar-refractivity contribution in [1.82, 2.24) is 0 Å². The Hall–Kier alpha value is -0.343. The summed E-state index contributed by atoms with van der Waals surface area (Å²) < 4.78 is 6.81. The number of rotatable bonds is 6. The van der Waals surface area contributed by atoms with Gasteiger partial charge in [0.05, 0.1) is 6.10 Å². The van der Waals surface area contributed by atoms with Crippen LogP contribution in [0.3, 0.4) is 0 Å². The van der Waals surface area contributed by atoms with E-state index in [0.29, 0.717) is 22.7 Å². The monoisotopic (exact) mass is 280 g/mol. The van der Waals surface area contributed by atoms with Crippen molar-refractivity contribution < 1.29 is 4.43 Å². The summed E-state index contributed by atoms with van der Waals surface area (Å²) in [5.41, 5.74) is 3.36. The van der Waals surface area contributed by atoms with Gasteiger partial charge in [0.15, 0.2) is 0 Å². The molecule has 0 bridgehead atoms. The first-order valence-electron chi connectivity index (χ1n) is 7.85. The van der Waals surface area contributed by atoms with Gasteiger partial charge in [-0.05, 0) is 35.9 Å². The van der Waals surface area contributed by atoms with Crippen LogP contribution in [0.5, 0.6) is 0 Å². The Bertz CT molecular complexity index is 306. The molecule has 0 fully saturated rings. The molecule has 0 aromatic carbocycles. The molecular weight excluding hydrogens is 248 g/mol. The summed E-state index contributed by atoms with van der Waals surface area (Å²) in [5, 5.41) is 0. The molecule has 2 heteroatoms. The third kappa shape index (κ3) is 3.60. The molecule has 0 saturated heterocycles. The van der Waals surface area contributed by atoms with Crippen LogP contribution >= 0.6 is 0 Å². The lowest BCUT2D eigenvalue weighted by Crippen LogP contribution is -2.50. The summed E-state index contributed by atoms with van der Waals surface area (Å²) in [6.45, 7) is 18.0. The maximum atomic E-state index is 6.81. The van der Waals surface area contributed by atoms with Gasteiger partial charge >= 0.3 is 0 Å². The van der Waals surface area contributed by atoms with Gasteiger partial charge in [0, 0.05) is 0 Å². The summed E-state index contributed by atoms with van der Waals surface area (Å²) in [4.78, 5) is 0. The van der Waals surface area contributed by atoms with E-state index < -0.39 is 8.32 Å². The molecule has 0 amide bonds. The predicted octanol–water partition coefficient (Wildman–Crippen LogP) is 5.84. The molecule has 0 aliphatic heterocycles. The van der Waals surface area contributed by atoms with E-state index in [0.717, 1.165) is 0 Å². The van der Waals surface area contributed by atoms with Crippen LogP contribution in [0.2, 0.25) is 16.6 Å². The Kier molecular flexibility index (Phi) is 6.06. The van der Waals surface area contributed by atoms with Crippen molar-refractivity contribution in [2.75, 3.05) is 0 Å². The fraction of sp³-hybridized carbons (Fsp3) is 0.765. The first-order chi connectivity index (χ1) is 8.84. The van der Waals surface area contributed by atoms with Crippen molar-refractivity contribution in [3.8, 4) is 0 Å². The van der Waals surface area contributed by atoms with Gasteiger partial charge in [-0.25, -0.2) is 0 Å². The van der Waals surface area contributed by atoms with Crippen molar-refractivity contribution in [3.63, 3.8) is 0 Å². The van der Waals surface area contributed by atoms with E-state index in [1.165, 1.54) is 24.8 Å². The van der Waals surface area contributed by atoms with E-state index in [2.05, 4.69) is 54.2 Å². The van der Waals surface area contributed by atoms with Crippen LogP contribution in [-0.2, 0) is 4.43 Å². The van der Waals surface area contributed by atoms with Crippen LogP contribution in [0, 0.1) is 0 Å².